The number of nitrogens with zero attached hydrogens (tertiary/aromatic N) is 2. The third kappa shape index (κ3) is 4.70. The van der Waals surface area contributed by atoms with Crippen LogP contribution in [0.25, 0.3) is 0 Å². The van der Waals surface area contributed by atoms with Crippen LogP contribution < -0.4 is 0 Å². The number of hydrogen-bond donors (Lipinski definition) is 0. The Balaban J connectivity index is 1.74. The van der Waals surface area contributed by atoms with Crippen LogP contribution in [0.4, 0.5) is 0 Å². The fourth-order valence-electron chi connectivity index (χ4n) is 2.84. The quantitative estimate of drug-likeness (QED) is 0.709. The molecule has 146 valence electrons. The highest BCUT2D eigenvalue weighted by Crippen LogP contribution is 2.24. The molecule has 0 unspecified atom stereocenters. The van der Waals surface area contributed by atoms with E-state index >= 15 is 0 Å². The van der Waals surface area contributed by atoms with Gasteiger partial charge in [-0.3, -0.25) is 4.79 Å². The Bertz CT molecular complexity index is 890. The van der Waals surface area contributed by atoms with Gasteiger partial charge in [-0.1, -0.05) is 11.6 Å². The van der Waals surface area contributed by atoms with E-state index in [1.54, 1.807) is 17.0 Å². The Hall–Kier alpha value is -1.45. The van der Waals surface area contributed by atoms with Gasteiger partial charge in [-0.2, -0.15) is 4.31 Å². The lowest BCUT2D eigenvalue weighted by atomic mass is 10.2. The summed E-state index contributed by atoms with van der Waals surface area (Å²) in [7, 11) is -3.56. The number of halogens is 1. The molecular formula is C18H21ClN2O4S2. The second kappa shape index (κ2) is 8.70. The van der Waals surface area contributed by atoms with Crippen LogP contribution in [0.1, 0.15) is 22.2 Å². The van der Waals surface area contributed by atoms with Gasteiger partial charge in [0.05, 0.1) is 29.0 Å². The molecule has 0 atom stereocenters. The predicted molar refractivity (Wildman–Crippen MR) is 106 cm³/mol. The highest BCUT2D eigenvalue weighted by Gasteiger charge is 2.26. The Kier molecular flexibility index (Phi) is 6.54. The smallest absolute Gasteiger partial charge is 0.254 e. The molecule has 1 fully saturated rings. The van der Waals surface area contributed by atoms with Gasteiger partial charge in [-0.05, 0) is 43.3 Å². The van der Waals surface area contributed by atoms with Crippen molar-refractivity contribution in [3.63, 3.8) is 0 Å². The zero-order valence-corrected chi connectivity index (χ0v) is 17.3. The van der Waals surface area contributed by atoms with Crippen molar-refractivity contribution in [2.45, 2.75) is 18.4 Å². The maximum absolute atomic E-state index is 12.8. The molecule has 2 heterocycles. The summed E-state index contributed by atoms with van der Waals surface area (Å²) in [4.78, 5) is 15.7. The van der Waals surface area contributed by atoms with Crippen molar-refractivity contribution in [1.29, 1.82) is 0 Å². The lowest BCUT2D eigenvalue weighted by Crippen LogP contribution is -2.40. The van der Waals surface area contributed by atoms with E-state index in [2.05, 4.69) is 0 Å². The summed E-state index contributed by atoms with van der Waals surface area (Å²) in [5, 5.41) is 0. The Morgan fingerprint density at radius 2 is 1.85 bits per heavy atom. The van der Waals surface area contributed by atoms with Gasteiger partial charge < -0.3 is 9.64 Å². The molecular weight excluding hydrogens is 408 g/mol. The van der Waals surface area contributed by atoms with Crippen molar-refractivity contribution < 1.29 is 17.9 Å². The fraction of sp³-hybridized carbons (Fsp3) is 0.389. The second-order valence-electron chi connectivity index (χ2n) is 6.07. The minimum atomic E-state index is -3.56. The third-order valence-corrected chi connectivity index (χ3v) is 7.48. The number of sulfonamides is 1. The number of thiophene rings is 1. The number of amides is 1. The highest BCUT2D eigenvalue weighted by atomic mass is 35.5. The van der Waals surface area contributed by atoms with Crippen molar-refractivity contribution in [2.75, 3.05) is 32.8 Å². The van der Waals surface area contributed by atoms with Crippen LogP contribution in [-0.2, 0) is 21.3 Å². The molecule has 1 aliphatic heterocycles. The topological polar surface area (TPSA) is 66.9 Å². The van der Waals surface area contributed by atoms with E-state index in [0.717, 1.165) is 4.88 Å². The van der Waals surface area contributed by atoms with Crippen LogP contribution in [0.3, 0.4) is 0 Å². The maximum atomic E-state index is 12.8. The van der Waals surface area contributed by atoms with Gasteiger partial charge in [0, 0.05) is 30.1 Å². The molecule has 1 aromatic carbocycles. The number of carbonyl (C=O) groups is 1. The van der Waals surface area contributed by atoms with Gasteiger partial charge >= 0.3 is 0 Å². The summed E-state index contributed by atoms with van der Waals surface area (Å²) in [6.07, 6.45) is 0. The minimum absolute atomic E-state index is 0.141. The SMILES string of the molecule is CCN(Cc1ccc(Cl)s1)C(=O)c1ccc(S(=O)(=O)N2CCOCC2)cc1. The highest BCUT2D eigenvalue weighted by molar-refractivity contribution is 7.89. The van der Waals surface area contributed by atoms with Crippen LogP contribution in [0, 0.1) is 0 Å². The largest absolute Gasteiger partial charge is 0.379 e. The van der Waals surface area contributed by atoms with Crippen LogP contribution in [0.15, 0.2) is 41.3 Å². The molecule has 1 amide bonds. The van der Waals surface area contributed by atoms with Crippen molar-refractivity contribution in [3.8, 4) is 0 Å². The molecule has 0 spiro atoms. The number of ether oxygens (including phenoxy) is 1. The number of morpholine rings is 1. The van der Waals surface area contributed by atoms with Crippen molar-refractivity contribution >= 4 is 38.9 Å². The van der Waals surface area contributed by atoms with Gasteiger partial charge in [0.1, 0.15) is 0 Å². The number of carbonyl (C=O) groups excluding carboxylic acids is 1. The Morgan fingerprint density at radius 1 is 1.19 bits per heavy atom. The van der Waals surface area contributed by atoms with Crippen molar-refractivity contribution in [3.05, 3.63) is 51.2 Å². The van der Waals surface area contributed by atoms with E-state index in [-0.39, 0.29) is 10.8 Å². The first-order valence-electron chi connectivity index (χ1n) is 8.63. The second-order valence-corrected chi connectivity index (χ2v) is 9.80. The summed E-state index contributed by atoms with van der Waals surface area (Å²) in [5.41, 5.74) is 0.459. The summed E-state index contributed by atoms with van der Waals surface area (Å²) >= 11 is 7.40. The summed E-state index contributed by atoms with van der Waals surface area (Å²) in [6, 6.07) is 9.84. The van der Waals surface area contributed by atoms with E-state index in [4.69, 9.17) is 16.3 Å². The first kappa shape index (κ1) is 20.3. The zero-order valence-electron chi connectivity index (χ0n) is 14.9. The van der Waals surface area contributed by atoms with E-state index in [1.165, 1.54) is 27.8 Å². The average molecular weight is 429 g/mol. The monoisotopic (exact) mass is 428 g/mol. The molecule has 1 saturated heterocycles. The molecule has 0 aliphatic carbocycles. The molecule has 9 heteroatoms. The van der Waals surface area contributed by atoms with Crippen molar-refractivity contribution in [1.82, 2.24) is 9.21 Å². The Morgan fingerprint density at radius 3 is 2.41 bits per heavy atom. The zero-order chi connectivity index (χ0) is 19.4. The standard InChI is InChI=1S/C18H21ClN2O4S2/c1-2-20(13-15-5-8-17(19)26-15)18(22)14-3-6-16(7-4-14)27(23,24)21-9-11-25-12-10-21/h3-8H,2,9-13H2,1H3. The summed E-state index contributed by atoms with van der Waals surface area (Å²) in [6.45, 7) is 4.40. The summed E-state index contributed by atoms with van der Waals surface area (Å²) < 4.78 is 32.6. The first-order valence-corrected chi connectivity index (χ1v) is 11.3. The maximum Gasteiger partial charge on any atom is 0.254 e. The minimum Gasteiger partial charge on any atom is -0.379 e. The Labute approximate surface area is 168 Å². The number of hydrogen-bond acceptors (Lipinski definition) is 5. The average Bonchev–Trinajstić information content (AvgIpc) is 3.11. The normalized spacial score (nSPS) is 15.6. The molecule has 6 nitrogen and oxygen atoms in total. The predicted octanol–water partition coefficient (Wildman–Crippen LogP) is 3.08. The van der Waals surface area contributed by atoms with Crippen LogP contribution in [0.2, 0.25) is 4.34 Å². The van der Waals surface area contributed by atoms with Gasteiger partial charge in [-0.15, -0.1) is 11.3 Å². The molecule has 1 aromatic heterocycles. The van der Waals surface area contributed by atoms with Gasteiger partial charge in [0.15, 0.2) is 0 Å². The third-order valence-electron chi connectivity index (χ3n) is 4.35. The van der Waals surface area contributed by atoms with E-state index in [1.807, 2.05) is 19.1 Å². The summed E-state index contributed by atoms with van der Waals surface area (Å²) in [5.74, 6) is -0.141. The van der Waals surface area contributed by atoms with E-state index in [9.17, 15) is 13.2 Å². The molecule has 0 radical (unpaired) electrons. The molecule has 0 N–H and O–H groups in total. The lowest BCUT2D eigenvalue weighted by molar-refractivity contribution is 0.0730. The fourth-order valence-corrected chi connectivity index (χ4v) is 5.35. The van der Waals surface area contributed by atoms with Crippen LogP contribution >= 0.6 is 22.9 Å². The van der Waals surface area contributed by atoms with E-state index in [0.29, 0.717) is 49.3 Å². The van der Waals surface area contributed by atoms with Crippen molar-refractivity contribution in [2.24, 2.45) is 0 Å². The van der Waals surface area contributed by atoms with Gasteiger partial charge in [-0.25, -0.2) is 8.42 Å². The molecule has 0 bridgehead atoms. The molecule has 27 heavy (non-hydrogen) atoms. The van der Waals surface area contributed by atoms with Gasteiger partial charge in [0.25, 0.3) is 5.91 Å². The molecule has 0 saturated carbocycles. The van der Waals surface area contributed by atoms with E-state index < -0.39 is 10.0 Å². The molecule has 1 aliphatic rings. The number of rotatable bonds is 6. The van der Waals surface area contributed by atoms with Crippen LogP contribution in [0.5, 0.6) is 0 Å². The van der Waals surface area contributed by atoms with Crippen LogP contribution in [-0.4, -0.2) is 56.4 Å². The lowest BCUT2D eigenvalue weighted by Gasteiger charge is -2.26. The molecule has 3 rings (SSSR count). The first-order chi connectivity index (χ1) is 12.9. The molecule has 2 aromatic rings. The van der Waals surface area contributed by atoms with Gasteiger partial charge in [0.2, 0.25) is 10.0 Å². The number of benzene rings is 1.